The molecular formula is C49H61N9O8. The van der Waals surface area contributed by atoms with Gasteiger partial charge in [0.1, 0.15) is 42.3 Å². The molecule has 2 aliphatic heterocycles. The van der Waals surface area contributed by atoms with E-state index in [1.54, 1.807) is 36.5 Å². The zero-order chi connectivity index (χ0) is 47.5. The molecule has 8 atom stereocenters. The number of fused-ring (bicyclic) bond motifs is 1. The number of nitrogens with two attached hydrogens (primary N) is 1. The van der Waals surface area contributed by atoms with Gasteiger partial charge >= 0.3 is 0 Å². The van der Waals surface area contributed by atoms with Crippen LogP contribution >= 0.6 is 0 Å². The summed E-state index contributed by atoms with van der Waals surface area (Å²) in [5.41, 5.74) is 8.26. The van der Waals surface area contributed by atoms with Gasteiger partial charge < -0.3 is 47.1 Å². The van der Waals surface area contributed by atoms with Crippen LogP contribution in [0.2, 0.25) is 0 Å². The molecule has 0 spiro atoms. The predicted octanol–water partition coefficient (Wildman–Crippen LogP) is 2.24. The summed E-state index contributed by atoms with van der Waals surface area (Å²) in [4.78, 5) is 116. The Morgan fingerprint density at radius 3 is 1.94 bits per heavy atom. The Balaban J connectivity index is 1.20. The van der Waals surface area contributed by atoms with Gasteiger partial charge in [-0.05, 0) is 74.8 Å². The molecule has 8 N–H and O–H groups in total. The summed E-state index contributed by atoms with van der Waals surface area (Å²) in [6.45, 7) is 7.18. The molecule has 2 saturated heterocycles. The number of carbonyl (C=O) groups excluding carboxylic acids is 8. The minimum Gasteiger partial charge on any atom is -0.368 e. The van der Waals surface area contributed by atoms with Gasteiger partial charge in [-0.2, -0.15) is 0 Å². The van der Waals surface area contributed by atoms with Gasteiger partial charge in [0.25, 0.3) is 5.91 Å². The van der Waals surface area contributed by atoms with E-state index in [9.17, 15) is 38.4 Å². The highest BCUT2D eigenvalue weighted by atomic mass is 16.2. The van der Waals surface area contributed by atoms with Crippen molar-refractivity contribution >= 4 is 58.2 Å². The van der Waals surface area contributed by atoms with Crippen LogP contribution in [-0.2, 0) is 46.4 Å². The molecule has 0 saturated carbocycles. The van der Waals surface area contributed by atoms with E-state index >= 15 is 0 Å². The van der Waals surface area contributed by atoms with Crippen LogP contribution in [0.4, 0.5) is 0 Å². The third kappa shape index (κ3) is 11.8. The molecule has 350 valence electrons. The Morgan fingerprint density at radius 1 is 0.667 bits per heavy atom. The predicted molar refractivity (Wildman–Crippen MR) is 247 cm³/mol. The third-order valence-corrected chi connectivity index (χ3v) is 12.6. The molecule has 17 heteroatoms. The maximum absolute atomic E-state index is 14.8. The molecule has 0 aliphatic carbocycles. The maximum Gasteiger partial charge on any atom is 0.251 e. The molecule has 3 heterocycles. The fourth-order valence-corrected chi connectivity index (χ4v) is 8.65. The van der Waals surface area contributed by atoms with Gasteiger partial charge in [0.2, 0.25) is 41.4 Å². The maximum atomic E-state index is 14.8. The average Bonchev–Trinajstić information content (AvgIpc) is 4.11. The summed E-state index contributed by atoms with van der Waals surface area (Å²) in [6.07, 6.45) is 4.21. The van der Waals surface area contributed by atoms with Crippen LogP contribution in [-0.4, -0.2) is 117 Å². The number of H-pyrrole nitrogens is 1. The largest absolute Gasteiger partial charge is 0.368 e. The number of likely N-dealkylation sites (tertiary alicyclic amines) is 2. The Morgan fingerprint density at radius 2 is 1.26 bits per heavy atom. The second-order valence-electron chi connectivity index (χ2n) is 17.3. The van der Waals surface area contributed by atoms with Crippen molar-refractivity contribution in [2.75, 3.05) is 13.1 Å². The minimum absolute atomic E-state index is 0.00885. The first-order valence-electron chi connectivity index (χ1n) is 22.7. The molecule has 3 aromatic carbocycles. The monoisotopic (exact) mass is 903 g/mol. The van der Waals surface area contributed by atoms with Crippen molar-refractivity contribution in [1.29, 1.82) is 0 Å². The summed E-state index contributed by atoms with van der Waals surface area (Å²) in [6, 6.07) is 17.8. The van der Waals surface area contributed by atoms with Crippen molar-refractivity contribution in [3.8, 4) is 0 Å². The molecule has 2 aliphatic rings. The number of amides is 8. The lowest BCUT2D eigenvalue weighted by Gasteiger charge is -2.34. The van der Waals surface area contributed by atoms with Gasteiger partial charge in [-0.1, -0.05) is 87.0 Å². The van der Waals surface area contributed by atoms with Gasteiger partial charge in [-0.15, -0.1) is 0 Å². The normalized spacial score (nSPS) is 18.5. The third-order valence-electron chi connectivity index (χ3n) is 12.6. The van der Waals surface area contributed by atoms with Crippen LogP contribution in [0.3, 0.4) is 0 Å². The SMILES string of the molecule is CCC(C)C(NC(=O)C1CCCN1C(=O)C1CCCN1C(=O)C(Cc1ccccc1)NC(=O)C(Cc1c[nH]c2ccccc12)NC(=O)C(C)NC(=O)C(C)NC(=O)c1ccccc1)C(N)=O. The summed E-state index contributed by atoms with van der Waals surface area (Å²) < 4.78 is 0. The fourth-order valence-electron chi connectivity index (χ4n) is 8.65. The fraction of sp³-hybridized carbons (Fsp3) is 0.429. The highest BCUT2D eigenvalue weighted by Crippen LogP contribution is 2.27. The van der Waals surface area contributed by atoms with Crippen LogP contribution in [0, 0.1) is 5.92 Å². The molecule has 1 aromatic heterocycles. The molecular weight excluding hydrogens is 843 g/mol. The first kappa shape index (κ1) is 48.4. The van der Waals surface area contributed by atoms with Crippen molar-refractivity contribution < 1.29 is 38.4 Å². The zero-order valence-electron chi connectivity index (χ0n) is 37.9. The van der Waals surface area contributed by atoms with Crippen LogP contribution < -0.4 is 32.3 Å². The lowest BCUT2D eigenvalue weighted by atomic mass is 9.98. The van der Waals surface area contributed by atoms with Crippen LogP contribution in [0.15, 0.2) is 91.1 Å². The zero-order valence-corrected chi connectivity index (χ0v) is 37.9. The van der Waals surface area contributed by atoms with Crippen molar-refractivity contribution in [2.24, 2.45) is 11.7 Å². The standard InChI is InChI=1S/C49H61N9O8/c1-5-29(2)41(42(50)59)56-47(64)39-22-14-24-57(39)49(66)40-23-15-25-58(40)48(65)38(26-32-16-8-6-9-17-32)55-46(63)37(27-34-28-51-36-21-13-12-20-35(34)36)54-44(61)31(4)52-43(60)30(3)53-45(62)33-18-10-7-11-19-33/h6-13,16-21,28-31,37-41,51H,5,14-15,22-27H2,1-4H3,(H2,50,59)(H,52,60)(H,53,62)(H,54,61)(H,55,63)(H,56,64). The molecule has 0 bridgehead atoms. The van der Waals surface area contributed by atoms with Crippen molar-refractivity contribution in [3.63, 3.8) is 0 Å². The molecule has 6 rings (SSSR count). The highest BCUT2D eigenvalue weighted by molar-refractivity contribution is 6.00. The van der Waals surface area contributed by atoms with Crippen LogP contribution in [0.5, 0.6) is 0 Å². The average molecular weight is 904 g/mol. The van der Waals surface area contributed by atoms with E-state index in [1.807, 2.05) is 68.4 Å². The van der Waals surface area contributed by atoms with E-state index in [1.165, 1.54) is 23.6 Å². The number of nitrogens with one attached hydrogen (secondary N) is 6. The molecule has 17 nitrogen and oxygen atoms in total. The van der Waals surface area contributed by atoms with Crippen molar-refractivity contribution in [2.45, 2.75) is 115 Å². The number of para-hydroxylation sites is 1. The number of carbonyl (C=O) groups is 8. The Hall–Kier alpha value is -7.04. The van der Waals surface area contributed by atoms with E-state index in [0.29, 0.717) is 49.8 Å². The van der Waals surface area contributed by atoms with Gasteiger partial charge in [0.05, 0.1) is 0 Å². The van der Waals surface area contributed by atoms with Crippen molar-refractivity contribution in [1.82, 2.24) is 41.4 Å². The number of benzene rings is 3. The van der Waals surface area contributed by atoms with E-state index in [-0.39, 0.29) is 25.3 Å². The number of hydrogen-bond donors (Lipinski definition) is 7. The van der Waals surface area contributed by atoms with E-state index < -0.39 is 89.6 Å². The van der Waals surface area contributed by atoms with Gasteiger partial charge in [0, 0.05) is 48.6 Å². The highest BCUT2D eigenvalue weighted by Gasteiger charge is 2.44. The van der Waals surface area contributed by atoms with E-state index in [0.717, 1.165) is 16.5 Å². The quantitative estimate of drug-likeness (QED) is 0.0734. The van der Waals surface area contributed by atoms with Gasteiger partial charge in [-0.3, -0.25) is 38.4 Å². The molecule has 8 amide bonds. The first-order chi connectivity index (χ1) is 31.7. The number of aromatic nitrogens is 1. The Bertz CT molecular complexity index is 2390. The topological polar surface area (TPSA) is 245 Å². The van der Waals surface area contributed by atoms with Crippen LogP contribution in [0.1, 0.15) is 81.3 Å². The molecule has 4 aromatic rings. The Labute approximate surface area is 384 Å². The summed E-state index contributed by atoms with van der Waals surface area (Å²) >= 11 is 0. The van der Waals surface area contributed by atoms with E-state index in [2.05, 4.69) is 31.6 Å². The second-order valence-corrected chi connectivity index (χ2v) is 17.3. The molecule has 8 unspecified atom stereocenters. The van der Waals surface area contributed by atoms with Crippen LogP contribution in [0.25, 0.3) is 10.9 Å². The number of nitrogens with zero attached hydrogens (tertiary/aromatic N) is 2. The number of primary amides is 1. The summed E-state index contributed by atoms with van der Waals surface area (Å²) in [5, 5.41) is 14.6. The lowest BCUT2D eigenvalue weighted by Crippen LogP contribution is -2.60. The van der Waals surface area contributed by atoms with Gasteiger partial charge in [0.15, 0.2) is 0 Å². The number of hydrogen-bond acceptors (Lipinski definition) is 8. The lowest BCUT2D eigenvalue weighted by molar-refractivity contribution is -0.148. The Kier molecular flexibility index (Phi) is 16.3. The molecule has 0 radical (unpaired) electrons. The number of aromatic amines is 1. The number of rotatable bonds is 19. The van der Waals surface area contributed by atoms with E-state index in [4.69, 9.17) is 5.73 Å². The first-order valence-corrected chi connectivity index (χ1v) is 22.7. The molecule has 66 heavy (non-hydrogen) atoms. The van der Waals surface area contributed by atoms with Crippen molar-refractivity contribution in [3.05, 3.63) is 108 Å². The van der Waals surface area contributed by atoms with Gasteiger partial charge in [-0.25, -0.2) is 0 Å². The smallest absolute Gasteiger partial charge is 0.251 e. The second kappa shape index (κ2) is 22.2. The minimum atomic E-state index is -1.24. The summed E-state index contributed by atoms with van der Waals surface area (Å²) in [5.74, 6) is -4.68. The summed E-state index contributed by atoms with van der Waals surface area (Å²) in [7, 11) is 0. The molecule has 2 fully saturated rings.